The van der Waals surface area contributed by atoms with Crippen LogP contribution in [0.1, 0.15) is 18.3 Å². The fourth-order valence-electron chi connectivity index (χ4n) is 1.75. The smallest absolute Gasteiger partial charge is 0.223 e. The maximum atomic E-state index is 11.5. The average Bonchev–Trinajstić information content (AvgIpc) is 2.30. The normalized spacial score (nSPS) is 11.1. The first-order chi connectivity index (χ1) is 8.01. The van der Waals surface area contributed by atoms with E-state index >= 15 is 0 Å². The van der Waals surface area contributed by atoms with Gasteiger partial charge >= 0.3 is 0 Å². The molecule has 0 fully saturated rings. The summed E-state index contributed by atoms with van der Waals surface area (Å²) in [5, 5.41) is 18.7. The van der Waals surface area contributed by atoms with Gasteiger partial charge in [-0.2, -0.15) is 0 Å². The summed E-state index contributed by atoms with van der Waals surface area (Å²) in [6.45, 7) is 5.60. The topological polar surface area (TPSA) is 65.7 Å². The minimum atomic E-state index is -0.351. The van der Waals surface area contributed by atoms with Crippen LogP contribution < -0.4 is 5.43 Å². The number of hydrogen-bond donors (Lipinski definition) is 2. The molecule has 0 aliphatic rings. The van der Waals surface area contributed by atoms with Gasteiger partial charge < -0.3 is 14.8 Å². The first-order valence-electron chi connectivity index (χ1n) is 5.73. The summed E-state index contributed by atoms with van der Waals surface area (Å²) < 4.78 is 1.80. The van der Waals surface area contributed by atoms with Crippen molar-refractivity contribution in [3.05, 3.63) is 27.7 Å². The van der Waals surface area contributed by atoms with Gasteiger partial charge in [-0.1, -0.05) is 6.92 Å². The van der Waals surface area contributed by atoms with Gasteiger partial charge in [0.2, 0.25) is 5.43 Å². The van der Waals surface area contributed by atoms with E-state index in [0.29, 0.717) is 18.8 Å². The van der Waals surface area contributed by atoms with Crippen LogP contribution in [0.5, 0.6) is 5.75 Å². The van der Waals surface area contributed by atoms with Crippen molar-refractivity contribution in [1.82, 2.24) is 9.47 Å². The summed E-state index contributed by atoms with van der Waals surface area (Å²) in [6.07, 6.45) is 0. The van der Waals surface area contributed by atoms with Crippen molar-refractivity contribution in [1.29, 1.82) is 0 Å². The minimum absolute atomic E-state index is 0.0639. The molecule has 0 bridgehead atoms. The number of aliphatic hydroxyl groups excluding tert-OH is 1. The van der Waals surface area contributed by atoms with Gasteiger partial charge in [0, 0.05) is 31.9 Å². The maximum Gasteiger partial charge on any atom is 0.223 e. The van der Waals surface area contributed by atoms with Gasteiger partial charge in [0.05, 0.1) is 12.3 Å². The first kappa shape index (κ1) is 13.7. The fourth-order valence-corrected chi connectivity index (χ4v) is 1.75. The van der Waals surface area contributed by atoms with Crippen molar-refractivity contribution in [2.24, 2.45) is 7.05 Å². The quantitative estimate of drug-likeness (QED) is 0.772. The summed E-state index contributed by atoms with van der Waals surface area (Å²) in [4.78, 5) is 13.5. The molecule has 0 aromatic carbocycles. The second-order valence-electron chi connectivity index (χ2n) is 4.10. The zero-order valence-corrected chi connectivity index (χ0v) is 10.6. The van der Waals surface area contributed by atoms with Crippen LogP contribution in [0.4, 0.5) is 0 Å². The Kier molecular flexibility index (Phi) is 4.72. The molecule has 1 heterocycles. The Balaban J connectivity index is 3.08. The highest BCUT2D eigenvalue weighted by molar-refractivity contribution is 5.29. The van der Waals surface area contributed by atoms with Crippen LogP contribution in [-0.2, 0) is 13.6 Å². The molecule has 0 aliphatic heterocycles. The van der Waals surface area contributed by atoms with Crippen molar-refractivity contribution in [3.63, 3.8) is 0 Å². The maximum absolute atomic E-state index is 11.5. The predicted molar refractivity (Wildman–Crippen MR) is 66.1 cm³/mol. The van der Waals surface area contributed by atoms with Crippen LogP contribution in [0.2, 0.25) is 0 Å². The zero-order chi connectivity index (χ0) is 13.0. The van der Waals surface area contributed by atoms with Gasteiger partial charge in [0.25, 0.3) is 0 Å². The Hall–Kier alpha value is -1.33. The van der Waals surface area contributed by atoms with Gasteiger partial charge in [-0.25, -0.2) is 0 Å². The molecule has 1 rings (SSSR count). The van der Waals surface area contributed by atoms with Gasteiger partial charge in [-0.05, 0) is 13.5 Å². The molecule has 96 valence electrons. The molecule has 1 aromatic rings. The summed E-state index contributed by atoms with van der Waals surface area (Å²) in [6, 6.07) is 1.42. The average molecular weight is 240 g/mol. The summed E-state index contributed by atoms with van der Waals surface area (Å²) in [7, 11) is 1.82. The standard InChI is InChI=1S/C12H20N2O3/c1-4-14(5-6-15)8-10-12(17)11(16)7-9(2)13(10)3/h7,15,17H,4-6,8H2,1-3H3. The summed E-state index contributed by atoms with van der Waals surface area (Å²) in [5.41, 5.74) is 1.05. The van der Waals surface area contributed by atoms with Crippen LogP contribution in [0, 0.1) is 6.92 Å². The molecule has 2 N–H and O–H groups in total. The van der Waals surface area contributed by atoms with Crippen molar-refractivity contribution in [2.45, 2.75) is 20.4 Å². The molecule has 0 saturated heterocycles. The fraction of sp³-hybridized carbons (Fsp3) is 0.583. The Morgan fingerprint density at radius 3 is 2.65 bits per heavy atom. The van der Waals surface area contributed by atoms with Crippen LogP contribution >= 0.6 is 0 Å². The van der Waals surface area contributed by atoms with Gasteiger partial charge in [0.15, 0.2) is 5.75 Å². The molecule has 0 atom stereocenters. The number of aromatic hydroxyl groups is 1. The SMILES string of the molecule is CCN(CCO)Cc1c(O)c(=O)cc(C)n1C. The van der Waals surface area contributed by atoms with Gasteiger partial charge in [-0.3, -0.25) is 9.69 Å². The Morgan fingerprint density at radius 1 is 1.47 bits per heavy atom. The molecular weight excluding hydrogens is 220 g/mol. The summed E-state index contributed by atoms with van der Waals surface area (Å²) >= 11 is 0. The van der Waals surface area contributed by atoms with E-state index in [0.717, 1.165) is 12.2 Å². The van der Waals surface area contributed by atoms with Crippen LogP contribution in [0.25, 0.3) is 0 Å². The largest absolute Gasteiger partial charge is 0.503 e. The predicted octanol–water partition coefficient (Wildman–Crippen LogP) is 0.214. The lowest BCUT2D eigenvalue weighted by atomic mass is 10.2. The van der Waals surface area contributed by atoms with E-state index in [1.165, 1.54) is 6.07 Å². The molecule has 0 amide bonds. The minimum Gasteiger partial charge on any atom is -0.503 e. The number of likely N-dealkylation sites (N-methyl/N-ethyl adjacent to an activating group) is 1. The van der Waals surface area contributed by atoms with E-state index in [9.17, 15) is 9.90 Å². The number of aryl methyl sites for hydroxylation is 1. The molecule has 0 saturated carbocycles. The van der Waals surface area contributed by atoms with Crippen LogP contribution in [0.3, 0.4) is 0 Å². The molecule has 17 heavy (non-hydrogen) atoms. The molecule has 5 nitrogen and oxygen atoms in total. The summed E-state index contributed by atoms with van der Waals surface area (Å²) in [5.74, 6) is -0.200. The highest BCUT2D eigenvalue weighted by Gasteiger charge is 2.13. The zero-order valence-electron chi connectivity index (χ0n) is 10.6. The second kappa shape index (κ2) is 5.84. The second-order valence-corrected chi connectivity index (χ2v) is 4.10. The molecule has 0 unspecified atom stereocenters. The molecule has 1 aromatic heterocycles. The third kappa shape index (κ3) is 3.08. The monoisotopic (exact) mass is 240 g/mol. The highest BCUT2D eigenvalue weighted by Crippen LogP contribution is 2.15. The third-order valence-corrected chi connectivity index (χ3v) is 3.02. The van der Waals surface area contributed by atoms with E-state index in [-0.39, 0.29) is 17.8 Å². The first-order valence-corrected chi connectivity index (χ1v) is 5.73. The number of nitrogens with zero attached hydrogens (tertiary/aromatic N) is 2. The lowest BCUT2D eigenvalue weighted by molar-refractivity contribution is 0.192. The Bertz CT molecular complexity index is 440. The van der Waals surface area contributed by atoms with Gasteiger partial charge in [-0.15, -0.1) is 0 Å². The number of aromatic nitrogens is 1. The lowest BCUT2D eigenvalue weighted by Gasteiger charge is -2.22. The van der Waals surface area contributed by atoms with Crippen LogP contribution in [-0.4, -0.2) is 39.4 Å². The van der Waals surface area contributed by atoms with E-state index in [1.807, 2.05) is 25.8 Å². The number of hydrogen-bond acceptors (Lipinski definition) is 4. The van der Waals surface area contributed by atoms with Crippen molar-refractivity contribution >= 4 is 0 Å². The van der Waals surface area contributed by atoms with Crippen molar-refractivity contribution in [3.8, 4) is 5.75 Å². The van der Waals surface area contributed by atoms with Crippen molar-refractivity contribution in [2.75, 3.05) is 19.7 Å². The van der Waals surface area contributed by atoms with Gasteiger partial charge in [0.1, 0.15) is 0 Å². The molecular formula is C12H20N2O3. The number of pyridine rings is 1. The Labute approximate surface area is 101 Å². The molecule has 0 aliphatic carbocycles. The number of rotatable bonds is 5. The van der Waals surface area contributed by atoms with Crippen LogP contribution in [0.15, 0.2) is 10.9 Å². The van der Waals surface area contributed by atoms with E-state index in [1.54, 1.807) is 4.57 Å². The number of aliphatic hydroxyl groups is 1. The molecule has 5 heteroatoms. The third-order valence-electron chi connectivity index (χ3n) is 3.02. The highest BCUT2D eigenvalue weighted by atomic mass is 16.3. The van der Waals surface area contributed by atoms with E-state index in [2.05, 4.69) is 0 Å². The van der Waals surface area contributed by atoms with E-state index < -0.39 is 0 Å². The Morgan fingerprint density at radius 2 is 2.12 bits per heavy atom. The molecule has 0 spiro atoms. The van der Waals surface area contributed by atoms with Crippen molar-refractivity contribution < 1.29 is 10.2 Å². The lowest BCUT2D eigenvalue weighted by Crippen LogP contribution is -2.28. The molecule has 0 radical (unpaired) electrons. The van der Waals surface area contributed by atoms with E-state index in [4.69, 9.17) is 5.11 Å².